The van der Waals surface area contributed by atoms with E-state index in [9.17, 15) is 24.0 Å². The summed E-state index contributed by atoms with van der Waals surface area (Å²) in [5.41, 5.74) is 4.32. The van der Waals surface area contributed by atoms with Crippen LogP contribution in [-0.2, 0) is 44.6 Å². The molecule has 21 heteroatoms. The van der Waals surface area contributed by atoms with Crippen LogP contribution in [-0.4, -0.2) is 169 Å². The topological polar surface area (TPSA) is 209 Å². The molecule has 3 fully saturated rings. The molecule has 3 aromatic carbocycles. The van der Waals surface area contributed by atoms with Gasteiger partial charge in [-0.3, -0.25) is 48.8 Å². The molecule has 9 rings (SSSR count). The molecule has 380 valence electrons. The monoisotopic (exact) mass is 993 g/mol. The van der Waals surface area contributed by atoms with Gasteiger partial charge in [-0.2, -0.15) is 5.10 Å². The number of imide groups is 2. The zero-order valence-corrected chi connectivity index (χ0v) is 39.8. The fourth-order valence-corrected chi connectivity index (χ4v) is 9.35. The highest BCUT2D eigenvalue weighted by Gasteiger charge is 2.45. The number of carbonyl (C=O) groups is 5. The number of benzene rings is 3. The standard InChI is InChI=1S/C51H57F2N9O10/c52-39-27-33(28-40(53)38(39)32-59-15-19-70-20-16-59)36-3-1-6-42-48(36)57-43(30-55-42)34-29-56-61(31-34)35-9-13-60(14-10-35)46(64)11-17-68-21-23-71-25-26-72-24-22-69-18-12-54-41-5-2-4-37-47(41)51(67)62(50(37)66)44-7-8-45(63)58-49(44)65/h1-6,27-31,35,44,54H,7-26,32H2,(H,58,63,65). The van der Waals surface area contributed by atoms with Crippen LogP contribution in [0.1, 0.15) is 64.4 Å². The number of carbonyl (C=O) groups excluding carboxylic acids is 5. The van der Waals surface area contributed by atoms with Gasteiger partial charge in [-0.1, -0.05) is 18.2 Å². The van der Waals surface area contributed by atoms with Crippen molar-refractivity contribution in [2.75, 3.05) is 104 Å². The van der Waals surface area contributed by atoms with E-state index in [1.165, 1.54) is 12.1 Å². The molecule has 0 radical (unpaired) electrons. The van der Waals surface area contributed by atoms with E-state index < -0.39 is 41.3 Å². The maximum Gasteiger partial charge on any atom is 0.264 e. The van der Waals surface area contributed by atoms with Crippen LogP contribution in [0.15, 0.2) is 67.1 Å². The summed E-state index contributed by atoms with van der Waals surface area (Å²) in [7, 11) is 0. The number of aromatic nitrogens is 4. The summed E-state index contributed by atoms with van der Waals surface area (Å²) in [5.74, 6) is -3.40. The van der Waals surface area contributed by atoms with Crippen LogP contribution in [0, 0.1) is 11.6 Å². The molecule has 0 aliphatic carbocycles. The van der Waals surface area contributed by atoms with E-state index in [2.05, 4.69) is 20.7 Å². The Bertz CT molecular complexity index is 2760. The molecular weight excluding hydrogens is 937 g/mol. The minimum Gasteiger partial charge on any atom is -0.382 e. The molecule has 0 bridgehead atoms. The minimum absolute atomic E-state index is 0.0317. The van der Waals surface area contributed by atoms with Crippen LogP contribution in [0.3, 0.4) is 0 Å². The van der Waals surface area contributed by atoms with Crippen molar-refractivity contribution in [3.63, 3.8) is 0 Å². The fourth-order valence-electron chi connectivity index (χ4n) is 9.35. The number of nitrogens with one attached hydrogen (secondary N) is 2. The van der Waals surface area contributed by atoms with E-state index in [-0.39, 0.29) is 61.1 Å². The Morgan fingerprint density at radius 2 is 1.46 bits per heavy atom. The van der Waals surface area contributed by atoms with E-state index in [0.29, 0.717) is 126 Å². The highest BCUT2D eigenvalue weighted by atomic mass is 19.1. The molecule has 4 aliphatic heterocycles. The van der Waals surface area contributed by atoms with E-state index >= 15 is 8.78 Å². The maximum absolute atomic E-state index is 15.4. The predicted octanol–water partition coefficient (Wildman–Crippen LogP) is 4.40. The summed E-state index contributed by atoms with van der Waals surface area (Å²) in [6.07, 6.45) is 7.21. The number of nitrogens with zero attached hydrogens (tertiary/aromatic N) is 7. The third-order valence-corrected chi connectivity index (χ3v) is 13.2. The number of hydrogen-bond acceptors (Lipinski definition) is 15. The van der Waals surface area contributed by atoms with Gasteiger partial charge < -0.3 is 33.9 Å². The van der Waals surface area contributed by atoms with Crippen LogP contribution in [0.2, 0.25) is 0 Å². The highest BCUT2D eigenvalue weighted by Crippen LogP contribution is 2.34. The van der Waals surface area contributed by atoms with Gasteiger partial charge in [0.25, 0.3) is 11.8 Å². The number of piperidine rings is 2. The summed E-state index contributed by atoms with van der Waals surface area (Å²) >= 11 is 0. The third-order valence-electron chi connectivity index (χ3n) is 13.2. The van der Waals surface area contributed by atoms with Gasteiger partial charge in [-0.25, -0.2) is 13.8 Å². The lowest BCUT2D eigenvalue weighted by Gasteiger charge is -2.32. The molecule has 72 heavy (non-hydrogen) atoms. The first kappa shape index (κ1) is 50.3. The lowest BCUT2D eigenvalue weighted by molar-refractivity contribution is -0.136. The molecule has 0 spiro atoms. The summed E-state index contributed by atoms with van der Waals surface area (Å²) in [6.45, 7) is 6.75. The Morgan fingerprint density at radius 3 is 2.18 bits per heavy atom. The zero-order chi connectivity index (χ0) is 50.0. The predicted molar refractivity (Wildman–Crippen MR) is 257 cm³/mol. The molecule has 0 saturated carbocycles. The Morgan fingerprint density at radius 1 is 0.778 bits per heavy atom. The van der Waals surface area contributed by atoms with Crippen molar-refractivity contribution in [1.82, 2.24) is 39.8 Å². The molecule has 5 amide bonds. The van der Waals surface area contributed by atoms with Gasteiger partial charge in [0.05, 0.1) is 119 Å². The Labute approximate surface area is 414 Å². The van der Waals surface area contributed by atoms with E-state index in [1.54, 1.807) is 42.7 Å². The molecule has 5 aromatic rings. The second-order valence-corrected chi connectivity index (χ2v) is 17.9. The van der Waals surface area contributed by atoms with Gasteiger partial charge >= 0.3 is 0 Å². The second kappa shape index (κ2) is 23.7. The molecule has 2 aromatic heterocycles. The van der Waals surface area contributed by atoms with Crippen LogP contribution >= 0.6 is 0 Å². The second-order valence-electron chi connectivity index (χ2n) is 17.9. The number of hydrogen-bond donors (Lipinski definition) is 2. The summed E-state index contributed by atoms with van der Waals surface area (Å²) in [5, 5.41) is 9.97. The van der Waals surface area contributed by atoms with Crippen molar-refractivity contribution in [3.8, 4) is 22.4 Å². The average Bonchev–Trinajstić information content (AvgIpc) is 3.99. The molecule has 2 N–H and O–H groups in total. The van der Waals surface area contributed by atoms with Crippen LogP contribution in [0.4, 0.5) is 14.5 Å². The number of amides is 5. The molecular formula is C51H57F2N9O10. The number of rotatable bonds is 22. The average molecular weight is 994 g/mol. The smallest absolute Gasteiger partial charge is 0.264 e. The van der Waals surface area contributed by atoms with Crippen LogP contribution < -0.4 is 10.6 Å². The molecule has 1 atom stereocenters. The first-order valence-corrected chi connectivity index (χ1v) is 24.4. The molecule has 6 heterocycles. The Balaban J connectivity index is 0.623. The quantitative estimate of drug-likeness (QED) is 0.0728. The van der Waals surface area contributed by atoms with Crippen molar-refractivity contribution < 1.29 is 56.4 Å². The number of morpholine rings is 1. The van der Waals surface area contributed by atoms with Crippen molar-refractivity contribution >= 4 is 46.3 Å². The number of ether oxygens (including phenoxy) is 5. The molecule has 1 unspecified atom stereocenters. The van der Waals surface area contributed by atoms with Gasteiger partial charge in [-0.15, -0.1) is 0 Å². The largest absolute Gasteiger partial charge is 0.382 e. The Kier molecular flexibility index (Phi) is 16.6. The molecule has 19 nitrogen and oxygen atoms in total. The van der Waals surface area contributed by atoms with Crippen molar-refractivity contribution in [2.45, 2.75) is 50.7 Å². The van der Waals surface area contributed by atoms with Crippen LogP contribution in [0.5, 0.6) is 0 Å². The van der Waals surface area contributed by atoms with Crippen molar-refractivity contribution in [2.24, 2.45) is 0 Å². The highest BCUT2D eigenvalue weighted by molar-refractivity contribution is 6.25. The normalized spacial score (nSPS) is 17.8. The van der Waals surface area contributed by atoms with Gasteiger partial charge in [-0.05, 0) is 55.2 Å². The third kappa shape index (κ3) is 11.8. The Hall–Kier alpha value is -6.62. The zero-order valence-electron chi connectivity index (χ0n) is 39.8. The number of halogens is 2. The van der Waals surface area contributed by atoms with Crippen molar-refractivity contribution in [3.05, 3.63) is 95.4 Å². The van der Waals surface area contributed by atoms with E-state index in [0.717, 1.165) is 23.3 Å². The first-order valence-electron chi connectivity index (χ1n) is 24.4. The maximum atomic E-state index is 15.4. The number of para-hydroxylation sites is 1. The summed E-state index contributed by atoms with van der Waals surface area (Å²) < 4.78 is 60.5. The molecule has 3 saturated heterocycles. The number of fused-ring (bicyclic) bond motifs is 2. The van der Waals surface area contributed by atoms with Gasteiger partial charge in [0.1, 0.15) is 17.7 Å². The van der Waals surface area contributed by atoms with Gasteiger partial charge in [0, 0.05) is 74.3 Å². The SMILES string of the molecule is O=C1CCC(N2C(=O)c3cccc(NCCOCCOCCOCCOCCC(=O)N4CCC(n5cc(-c6cnc7cccc(-c8cc(F)c(CN9CCOCC9)c(F)c8)c7n6)cn5)CC4)c3C2=O)C(=O)N1. The van der Waals surface area contributed by atoms with Crippen molar-refractivity contribution in [1.29, 1.82) is 0 Å². The van der Waals surface area contributed by atoms with Crippen LogP contribution in [0.25, 0.3) is 33.4 Å². The summed E-state index contributed by atoms with van der Waals surface area (Å²) in [4.78, 5) is 77.5. The number of anilines is 1. The molecule has 4 aliphatic rings. The van der Waals surface area contributed by atoms with E-state index in [4.69, 9.17) is 28.7 Å². The lowest BCUT2D eigenvalue weighted by Crippen LogP contribution is -2.54. The van der Waals surface area contributed by atoms with E-state index in [1.807, 2.05) is 26.7 Å². The number of likely N-dealkylation sites (tertiary alicyclic amines) is 1. The summed E-state index contributed by atoms with van der Waals surface area (Å²) in [6, 6.07) is 12.1. The minimum atomic E-state index is -1.03. The first-order chi connectivity index (χ1) is 35.1. The fraction of sp³-hybridized carbons (Fsp3) is 0.451. The van der Waals surface area contributed by atoms with Gasteiger partial charge in [0.2, 0.25) is 17.7 Å². The lowest BCUT2D eigenvalue weighted by atomic mass is 10.0. The van der Waals surface area contributed by atoms with Gasteiger partial charge in [0.15, 0.2) is 0 Å².